The summed E-state index contributed by atoms with van der Waals surface area (Å²) in [6, 6.07) is 8.24. The smallest absolute Gasteiger partial charge is 0.311 e. The molecule has 0 spiro atoms. The highest BCUT2D eigenvalue weighted by molar-refractivity contribution is 5.84. The maximum Gasteiger partial charge on any atom is 0.311 e. The van der Waals surface area contributed by atoms with E-state index in [9.17, 15) is 9.90 Å². The molecule has 4 rings (SSSR count). The molecule has 2 heterocycles. The quantitative estimate of drug-likeness (QED) is 0.401. The van der Waals surface area contributed by atoms with Gasteiger partial charge in [-0.25, -0.2) is 0 Å². The fourth-order valence-electron chi connectivity index (χ4n) is 5.74. The topological polar surface area (TPSA) is 79.2 Å². The average molecular weight is 454 g/mol. The van der Waals surface area contributed by atoms with Crippen molar-refractivity contribution < 1.29 is 19.4 Å². The molecule has 1 aliphatic heterocycles. The number of aliphatic hydroxyl groups excluding tert-OH is 1. The molecule has 1 saturated carbocycles. The van der Waals surface area contributed by atoms with Gasteiger partial charge in [-0.15, -0.1) is 5.01 Å². The van der Waals surface area contributed by atoms with Crippen molar-refractivity contribution in [2.75, 3.05) is 26.8 Å². The van der Waals surface area contributed by atoms with Crippen LogP contribution in [0.2, 0.25) is 0 Å². The second kappa shape index (κ2) is 10.6. The molecule has 2 aromatic rings. The van der Waals surface area contributed by atoms with Crippen molar-refractivity contribution in [1.82, 2.24) is 9.99 Å². The van der Waals surface area contributed by atoms with Crippen LogP contribution in [0.15, 0.2) is 24.3 Å². The molecule has 0 unspecified atom stereocenters. The molecule has 0 radical (unpaired) electrons. The number of nitrogens with one attached hydrogen (secondary N) is 1. The number of H-pyrrole nitrogens is 1. The van der Waals surface area contributed by atoms with Gasteiger partial charge in [-0.2, -0.15) is 11.5 Å². The monoisotopic (exact) mass is 453 g/mol. The zero-order chi connectivity index (χ0) is 23.4. The van der Waals surface area contributed by atoms with Crippen molar-refractivity contribution >= 4 is 16.9 Å². The Bertz CT molecular complexity index is 997. The molecular weight excluding hydrogens is 418 g/mol. The first-order valence-electron chi connectivity index (χ1n) is 12.2. The lowest BCUT2D eigenvalue weighted by Crippen LogP contribution is -2.47. The zero-order valence-electron chi connectivity index (χ0n) is 19.6. The molecule has 178 valence electrons. The molecule has 0 bridgehead atoms. The van der Waals surface area contributed by atoms with Gasteiger partial charge in [0.05, 0.1) is 38.3 Å². The summed E-state index contributed by atoms with van der Waals surface area (Å²) in [6.07, 6.45) is 3.77. The molecule has 0 amide bonds. The number of aromatic amines is 1. The van der Waals surface area contributed by atoms with E-state index in [0.29, 0.717) is 32.5 Å². The molecule has 2 aliphatic rings. The van der Waals surface area contributed by atoms with Crippen LogP contribution in [0, 0.1) is 24.3 Å². The fourth-order valence-corrected chi connectivity index (χ4v) is 5.74. The number of benzene rings is 1. The van der Waals surface area contributed by atoms with Gasteiger partial charge in [0.1, 0.15) is 0 Å². The molecule has 1 fully saturated rings. The van der Waals surface area contributed by atoms with Gasteiger partial charge >= 0.3 is 5.97 Å². The molecule has 1 aromatic carbocycles. The van der Waals surface area contributed by atoms with Gasteiger partial charge in [-0.1, -0.05) is 31.5 Å². The van der Waals surface area contributed by atoms with Crippen LogP contribution in [0.4, 0.5) is 0 Å². The number of carbonyl (C=O) groups is 1. The predicted molar refractivity (Wildman–Crippen MR) is 126 cm³/mol. The highest BCUT2D eigenvalue weighted by Crippen LogP contribution is 2.44. The summed E-state index contributed by atoms with van der Waals surface area (Å²) in [6.45, 7) is 11.7. The summed E-state index contributed by atoms with van der Waals surface area (Å²) in [5.41, 5.74) is 3.29. The first-order chi connectivity index (χ1) is 16.1. The van der Waals surface area contributed by atoms with Crippen LogP contribution in [-0.2, 0) is 20.7 Å². The molecule has 7 heteroatoms. The maximum atomic E-state index is 12.8. The summed E-state index contributed by atoms with van der Waals surface area (Å²) >= 11 is 0. The summed E-state index contributed by atoms with van der Waals surface area (Å²) in [7, 11) is 1.38. The summed E-state index contributed by atoms with van der Waals surface area (Å²) in [4.78, 5) is 20.2. The Morgan fingerprint density at radius 1 is 1.33 bits per heavy atom. The Hall–Kier alpha value is -2.56. The van der Waals surface area contributed by atoms with E-state index >= 15 is 0 Å². The molecule has 1 aliphatic carbocycles. The van der Waals surface area contributed by atoms with Gasteiger partial charge in [-0.3, -0.25) is 4.79 Å². The minimum absolute atomic E-state index is 0.120. The number of fused-ring (bicyclic) bond motifs is 4. The fraction of sp³-hybridized carbons (Fsp3) is 0.615. The lowest BCUT2D eigenvalue weighted by atomic mass is 9.67. The molecule has 1 aromatic heterocycles. The van der Waals surface area contributed by atoms with Crippen LogP contribution in [-0.4, -0.2) is 54.0 Å². The highest BCUT2D eigenvalue weighted by atomic mass is 16.5. The standard InChI is InChI=1S/C26H35N3O4/c1-4-5-14-33-23-15-20-17(10-11-22(30)24(20)26(31)32-3)16-29(27-2)13-12-19-18-8-6-7-9-21(18)28-25(19)23/h6-9,17,20,22-24,28,30H,4-5,10-16H2,1,3H3/t17-,20-,22-,23-,24+/m0/s1. The third kappa shape index (κ3) is 4.87. The summed E-state index contributed by atoms with van der Waals surface area (Å²) in [5, 5.41) is 13.8. The van der Waals surface area contributed by atoms with Crippen molar-refractivity contribution in [2.24, 2.45) is 17.8 Å². The van der Waals surface area contributed by atoms with Crippen LogP contribution in [0.25, 0.3) is 15.9 Å². The second-order valence-electron chi connectivity index (χ2n) is 9.39. The number of rotatable bonds is 5. The number of nitrogens with zero attached hydrogens (tertiary/aromatic N) is 2. The molecule has 0 saturated heterocycles. The lowest BCUT2D eigenvalue weighted by Gasteiger charge is -2.41. The van der Waals surface area contributed by atoms with Gasteiger partial charge in [0.25, 0.3) is 0 Å². The van der Waals surface area contributed by atoms with Gasteiger partial charge in [0.15, 0.2) is 0 Å². The van der Waals surface area contributed by atoms with E-state index in [1.165, 1.54) is 12.7 Å². The van der Waals surface area contributed by atoms with E-state index in [-0.39, 0.29) is 23.9 Å². The number of unbranched alkanes of at least 4 members (excludes halogenated alkanes) is 1. The van der Waals surface area contributed by atoms with Gasteiger partial charge < -0.3 is 19.6 Å². The van der Waals surface area contributed by atoms with Crippen molar-refractivity contribution in [3.8, 4) is 0 Å². The Morgan fingerprint density at radius 3 is 2.91 bits per heavy atom. The van der Waals surface area contributed by atoms with Crippen LogP contribution < -0.4 is 0 Å². The Labute approximate surface area is 195 Å². The van der Waals surface area contributed by atoms with E-state index in [1.54, 1.807) is 5.01 Å². The van der Waals surface area contributed by atoms with Crippen LogP contribution in [0.1, 0.15) is 56.4 Å². The first-order valence-corrected chi connectivity index (χ1v) is 12.2. The molecule has 33 heavy (non-hydrogen) atoms. The van der Waals surface area contributed by atoms with E-state index in [1.807, 2.05) is 12.1 Å². The Morgan fingerprint density at radius 2 is 2.15 bits per heavy atom. The first kappa shape index (κ1) is 23.6. The highest BCUT2D eigenvalue weighted by Gasteiger charge is 2.46. The largest absolute Gasteiger partial charge is 0.469 e. The number of esters is 1. The average Bonchev–Trinajstić information content (AvgIpc) is 3.20. The number of hydrogen-bond acceptors (Lipinski definition) is 5. The predicted octanol–water partition coefficient (Wildman–Crippen LogP) is 4.28. The van der Waals surface area contributed by atoms with Gasteiger partial charge in [0, 0.05) is 23.2 Å². The van der Waals surface area contributed by atoms with E-state index < -0.39 is 12.0 Å². The number of ether oxygens (including phenoxy) is 2. The number of para-hydroxylation sites is 1. The number of aromatic nitrogens is 1. The minimum Gasteiger partial charge on any atom is -0.469 e. The van der Waals surface area contributed by atoms with E-state index in [0.717, 1.165) is 42.3 Å². The van der Waals surface area contributed by atoms with Gasteiger partial charge in [0.2, 0.25) is 0 Å². The van der Waals surface area contributed by atoms with Crippen LogP contribution in [0.5, 0.6) is 0 Å². The van der Waals surface area contributed by atoms with Crippen molar-refractivity contribution in [2.45, 2.75) is 57.7 Å². The minimum atomic E-state index is -0.735. The number of methoxy groups -OCH3 is 1. The number of hydrogen-bond donors (Lipinski definition) is 2. The lowest BCUT2D eigenvalue weighted by molar-refractivity contribution is -0.158. The Kier molecular flexibility index (Phi) is 7.56. The normalized spacial score (nSPS) is 27.9. The number of aliphatic hydroxyl groups is 1. The van der Waals surface area contributed by atoms with Crippen molar-refractivity contribution in [3.05, 3.63) is 47.0 Å². The van der Waals surface area contributed by atoms with Gasteiger partial charge in [-0.05, 0) is 55.6 Å². The third-order valence-electron chi connectivity index (χ3n) is 7.47. The molecule has 2 N–H and O–H groups in total. The molecular formula is C26H35N3O4. The third-order valence-corrected chi connectivity index (χ3v) is 7.47. The molecule has 5 atom stereocenters. The Balaban J connectivity index is 1.79. The SMILES string of the molecule is [C-]#[N+]N1CCc2c([nH]c3ccccc23)[C@@H](OCCCC)C[C@H]2[C@@H](CC[C@H](O)[C@@H]2C(=O)OC)C1. The van der Waals surface area contributed by atoms with E-state index in [2.05, 4.69) is 29.0 Å². The van der Waals surface area contributed by atoms with Crippen LogP contribution >= 0.6 is 0 Å². The zero-order valence-corrected chi connectivity index (χ0v) is 19.6. The van der Waals surface area contributed by atoms with E-state index in [4.69, 9.17) is 16.0 Å². The van der Waals surface area contributed by atoms with Crippen molar-refractivity contribution in [3.63, 3.8) is 0 Å². The van der Waals surface area contributed by atoms with Crippen molar-refractivity contribution in [1.29, 1.82) is 0 Å². The van der Waals surface area contributed by atoms with Crippen LogP contribution in [0.3, 0.4) is 0 Å². The molecule has 7 nitrogen and oxygen atoms in total. The summed E-state index contributed by atoms with van der Waals surface area (Å²) in [5.74, 6) is -0.983. The summed E-state index contributed by atoms with van der Waals surface area (Å²) < 4.78 is 11.6. The second-order valence-corrected chi connectivity index (χ2v) is 9.39. The maximum absolute atomic E-state index is 12.8. The number of carbonyl (C=O) groups excluding carboxylic acids is 1.